The van der Waals surface area contributed by atoms with Crippen LogP contribution in [0.2, 0.25) is 5.02 Å². The highest BCUT2D eigenvalue weighted by atomic mass is 35.5. The van der Waals surface area contributed by atoms with E-state index in [0.29, 0.717) is 11.0 Å². The van der Waals surface area contributed by atoms with E-state index in [4.69, 9.17) is 17.3 Å². The molecule has 3 nitrogen and oxygen atoms in total. The Kier molecular flexibility index (Phi) is 3.22. The van der Waals surface area contributed by atoms with E-state index in [1.165, 1.54) is 15.3 Å². The summed E-state index contributed by atoms with van der Waals surface area (Å²) in [6, 6.07) is 8.04. The molecule has 3 rings (SSSR count). The number of rotatable bonds is 2. The Morgan fingerprint density at radius 2 is 2.10 bits per heavy atom. The largest absolute Gasteiger partial charge is 0.369 e. The van der Waals surface area contributed by atoms with Crippen LogP contribution in [0.25, 0.3) is 11.0 Å². The molecule has 2 heterocycles. The van der Waals surface area contributed by atoms with Crippen molar-refractivity contribution in [3.8, 4) is 0 Å². The van der Waals surface area contributed by atoms with Gasteiger partial charge in [-0.25, -0.2) is 4.98 Å². The Morgan fingerprint density at radius 1 is 1.35 bits per heavy atom. The molecule has 1 aromatic carbocycles. The van der Waals surface area contributed by atoms with Gasteiger partial charge in [0, 0.05) is 9.75 Å². The summed E-state index contributed by atoms with van der Waals surface area (Å²) < 4.78 is 2.02. The molecule has 2 N–H and O–H groups in total. The van der Waals surface area contributed by atoms with Crippen LogP contribution in [0, 0.1) is 13.8 Å². The number of para-hydroxylation sites is 1. The summed E-state index contributed by atoms with van der Waals surface area (Å²) in [7, 11) is 0. The minimum atomic E-state index is 0.116. The molecule has 0 saturated carbocycles. The number of nitrogens with zero attached hydrogens (tertiary/aromatic N) is 2. The average molecular weight is 306 g/mol. The lowest BCUT2D eigenvalue weighted by Gasteiger charge is -2.16. The quantitative estimate of drug-likeness (QED) is 0.754. The predicted octanol–water partition coefficient (Wildman–Crippen LogP) is 4.56. The molecule has 104 valence electrons. The van der Waals surface area contributed by atoms with Gasteiger partial charge >= 0.3 is 0 Å². The molecule has 3 aromatic rings. The van der Waals surface area contributed by atoms with Crippen LogP contribution in [-0.4, -0.2) is 9.55 Å². The van der Waals surface area contributed by atoms with E-state index >= 15 is 0 Å². The summed E-state index contributed by atoms with van der Waals surface area (Å²) in [4.78, 5) is 7.03. The highest BCUT2D eigenvalue weighted by Gasteiger charge is 2.20. The Bertz CT molecular complexity index is 788. The first-order valence-corrected chi connectivity index (χ1v) is 7.67. The smallest absolute Gasteiger partial charge is 0.201 e. The lowest BCUT2D eigenvalue weighted by Crippen LogP contribution is -2.10. The first-order valence-electron chi connectivity index (χ1n) is 6.48. The summed E-state index contributed by atoms with van der Waals surface area (Å²) in [5.41, 5.74) is 9.13. The first kappa shape index (κ1) is 13.5. The molecule has 0 bridgehead atoms. The molecule has 0 aliphatic heterocycles. The lowest BCUT2D eigenvalue weighted by molar-refractivity contribution is 0.666. The predicted molar refractivity (Wildman–Crippen MR) is 86.8 cm³/mol. The Balaban J connectivity index is 2.24. The summed E-state index contributed by atoms with van der Waals surface area (Å²) in [6.45, 7) is 6.39. The van der Waals surface area contributed by atoms with E-state index in [9.17, 15) is 0 Å². The zero-order chi connectivity index (χ0) is 14.4. The average Bonchev–Trinajstić information content (AvgIpc) is 2.89. The molecule has 0 amide bonds. The van der Waals surface area contributed by atoms with Gasteiger partial charge in [0.1, 0.15) is 0 Å². The molecule has 2 aromatic heterocycles. The molecular weight excluding hydrogens is 290 g/mol. The van der Waals surface area contributed by atoms with Crippen molar-refractivity contribution >= 4 is 39.9 Å². The number of hydrogen-bond acceptors (Lipinski definition) is 3. The van der Waals surface area contributed by atoms with Crippen molar-refractivity contribution in [3.05, 3.63) is 44.6 Å². The second-order valence-corrected chi connectivity index (χ2v) is 6.86. The summed E-state index contributed by atoms with van der Waals surface area (Å²) in [5, 5.41) is 0.683. The fourth-order valence-electron chi connectivity index (χ4n) is 2.72. The number of nitrogen functional groups attached to an aromatic ring is 1. The Morgan fingerprint density at radius 3 is 2.75 bits per heavy atom. The van der Waals surface area contributed by atoms with Gasteiger partial charge in [-0.3, -0.25) is 0 Å². The van der Waals surface area contributed by atoms with Crippen molar-refractivity contribution in [2.24, 2.45) is 0 Å². The summed E-state index contributed by atoms with van der Waals surface area (Å²) in [5.74, 6) is 0.504. The van der Waals surface area contributed by atoms with Crippen molar-refractivity contribution in [2.75, 3.05) is 5.73 Å². The van der Waals surface area contributed by atoms with Crippen LogP contribution in [0.5, 0.6) is 0 Å². The maximum Gasteiger partial charge on any atom is 0.201 e. The SMILES string of the molecule is Cc1cc(C(C)n2c(N)nc3cccc(Cl)c32)c(C)s1. The van der Waals surface area contributed by atoms with Crippen molar-refractivity contribution in [1.29, 1.82) is 0 Å². The number of fused-ring (bicyclic) bond motifs is 1. The molecule has 0 aliphatic carbocycles. The highest BCUT2D eigenvalue weighted by molar-refractivity contribution is 7.12. The maximum absolute atomic E-state index is 6.34. The zero-order valence-electron chi connectivity index (χ0n) is 11.6. The van der Waals surface area contributed by atoms with Gasteiger partial charge in [0.2, 0.25) is 5.95 Å². The van der Waals surface area contributed by atoms with Gasteiger partial charge in [-0.2, -0.15) is 0 Å². The minimum absolute atomic E-state index is 0.116. The number of hydrogen-bond donors (Lipinski definition) is 1. The Labute approximate surface area is 127 Å². The van der Waals surface area contributed by atoms with E-state index < -0.39 is 0 Å². The van der Waals surface area contributed by atoms with Gasteiger partial charge in [0.15, 0.2) is 0 Å². The number of aromatic nitrogens is 2. The van der Waals surface area contributed by atoms with Gasteiger partial charge < -0.3 is 10.3 Å². The molecular formula is C15H16ClN3S. The molecule has 0 aliphatic rings. The number of nitrogens with two attached hydrogens (primary N) is 1. The maximum atomic E-state index is 6.34. The van der Waals surface area contributed by atoms with Crippen LogP contribution >= 0.6 is 22.9 Å². The third-order valence-corrected chi connectivity index (χ3v) is 4.89. The van der Waals surface area contributed by atoms with E-state index in [-0.39, 0.29) is 6.04 Å². The molecule has 5 heteroatoms. The number of thiophene rings is 1. The van der Waals surface area contributed by atoms with Crippen LogP contribution in [-0.2, 0) is 0 Å². The number of aryl methyl sites for hydroxylation is 2. The molecule has 0 fully saturated rings. The van der Waals surface area contributed by atoms with E-state index in [1.807, 2.05) is 22.8 Å². The van der Waals surface area contributed by atoms with Gasteiger partial charge in [-0.15, -0.1) is 11.3 Å². The van der Waals surface area contributed by atoms with Crippen molar-refractivity contribution in [2.45, 2.75) is 26.8 Å². The monoisotopic (exact) mass is 305 g/mol. The van der Waals surface area contributed by atoms with E-state index in [2.05, 4.69) is 31.8 Å². The first-order chi connectivity index (χ1) is 9.49. The van der Waals surface area contributed by atoms with E-state index in [0.717, 1.165) is 11.0 Å². The van der Waals surface area contributed by atoms with Gasteiger partial charge in [-0.05, 0) is 44.5 Å². The summed E-state index contributed by atoms with van der Waals surface area (Å²) in [6.07, 6.45) is 0. The van der Waals surface area contributed by atoms with Gasteiger partial charge in [0.25, 0.3) is 0 Å². The third-order valence-electron chi connectivity index (χ3n) is 3.60. The fourth-order valence-corrected chi connectivity index (χ4v) is 4.00. The van der Waals surface area contributed by atoms with Crippen LogP contribution < -0.4 is 5.73 Å². The molecule has 1 atom stereocenters. The Hall–Kier alpha value is -1.52. The highest BCUT2D eigenvalue weighted by Crippen LogP contribution is 2.34. The van der Waals surface area contributed by atoms with Crippen molar-refractivity contribution in [3.63, 3.8) is 0 Å². The topological polar surface area (TPSA) is 43.8 Å². The van der Waals surface area contributed by atoms with Gasteiger partial charge in [0.05, 0.1) is 22.1 Å². The molecule has 0 spiro atoms. The van der Waals surface area contributed by atoms with Crippen LogP contribution in [0.4, 0.5) is 5.95 Å². The lowest BCUT2D eigenvalue weighted by atomic mass is 10.1. The normalized spacial score (nSPS) is 13.0. The fraction of sp³-hybridized carbons (Fsp3) is 0.267. The molecule has 1 unspecified atom stereocenters. The van der Waals surface area contributed by atoms with Crippen LogP contribution in [0.15, 0.2) is 24.3 Å². The van der Waals surface area contributed by atoms with Crippen molar-refractivity contribution < 1.29 is 0 Å². The van der Waals surface area contributed by atoms with E-state index in [1.54, 1.807) is 11.3 Å². The summed E-state index contributed by atoms with van der Waals surface area (Å²) >= 11 is 8.14. The number of halogens is 1. The van der Waals surface area contributed by atoms with Crippen molar-refractivity contribution in [1.82, 2.24) is 9.55 Å². The second-order valence-electron chi connectivity index (χ2n) is 4.99. The standard InChI is InChI=1S/C15H16ClN3S/c1-8-7-11(10(3)20-8)9(2)19-14-12(16)5-4-6-13(14)18-15(19)17/h4-7,9H,1-3H3,(H2,17,18). The minimum Gasteiger partial charge on any atom is -0.369 e. The molecule has 0 saturated heterocycles. The van der Waals surface area contributed by atoms with Crippen LogP contribution in [0.3, 0.4) is 0 Å². The molecule has 20 heavy (non-hydrogen) atoms. The molecule has 0 radical (unpaired) electrons. The number of imidazole rings is 1. The van der Waals surface area contributed by atoms with Gasteiger partial charge in [-0.1, -0.05) is 17.7 Å². The second kappa shape index (κ2) is 4.79. The number of anilines is 1. The number of benzene rings is 1. The van der Waals surface area contributed by atoms with Crippen LogP contribution in [0.1, 0.15) is 28.3 Å². The third kappa shape index (κ3) is 2.00. The zero-order valence-corrected chi connectivity index (χ0v) is 13.2.